The smallest absolute Gasteiger partial charge is 0.185 e. The van der Waals surface area contributed by atoms with Crippen molar-refractivity contribution in [1.82, 2.24) is 0 Å². The van der Waals surface area contributed by atoms with Crippen molar-refractivity contribution in [2.45, 2.75) is 78.9 Å². The maximum absolute atomic E-state index is 12.8. The van der Waals surface area contributed by atoms with Crippen molar-refractivity contribution < 1.29 is 19.4 Å². The minimum Gasteiger partial charge on any atom is -0.508 e. The van der Waals surface area contributed by atoms with Crippen LogP contribution in [-0.2, 0) is 5.41 Å². The molecule has 0 heterocycles. The van der Waals surface area contributed by atoms with Crippen molar-refractivity contribution in [3.8, 4) is 17.2 Å². The molecule has 0 radical (unpaired) electrons. The van der Waals surface area contributed by atoms with Gasteiger partial charge in [-0.25, -0.2) is 0 Å². The summed E-state index contributed by atoms with van der Waals surface area (Å²) in [5.41, 5.74) is 1.28. The third-order valence-electron chi connectivity index (χ3n) is 4.34. The molecule has 0 aliphatic carbocycles. The van der Waals surface area contributed by atoms with Crippen molar-refractivity contribution >= 4 is 11.9 Å². The van der Waals surface area contributed by atoms with Gasteiger partial charge in [-0.1, -0.05) is 26.8 Å². The van der Waals surface area contributed by atoms with Crippen LogP contribution in [0.2, 0.25) is 0 Å². The van der Waals surface area contributed by atoms with E-state index in [1.807, 2.05) is 53.7 Å². The number of aromatic hydroxyl groups is 1. The Morgan fingerprint density at radius 3 is 1.84 bits per heavy atom. The molecule has 0 amide bonds. The van der Waals surface area contributed by atoms with Gasteiger partial charge in [0.15, 0.2) is 5.78 Å². The van der Waals surface area contributed by atoms with Crippen molar-refractivity contribution in [3.63, 3.8) is 0 Å². The van der Waals surface area contributed by atoms with Gasteiger partial charge in [0.1, 0.15) is 28.5 Å². The summed E-state index contributed by atoms with van der Waals surface area (Å²) in [7, 11) is 0. The molecule has 0 aromatic heterocycles. The number of carbonyl (C=O) groups is 1. The second-order valence-corrected chi connectivity index (χ2v) is 10.8. The lowest BCUT2D eigenvalue weighted by atomic mass is 9.84. The second kappa shape index (κ2) is 8.78. The SMILES string of the molecule is CC(C)(C)Oc1ccc(C(C)(C)C)c(OC(C)(C)C)c1/C=C/C(=O)c1ccc(O)cc1. The predicted octanol–water partition coefficient (Wildman–Crippen LogP) is 6.94. The molecule has 0 fully saturated rings. The Labute approximate surface area is 186 Å². The Bertz CT molecular complexity index is 947. The summed E-state index contributed by atoms with van der Waals surface area (Å²) in [6, 6.07) is 10.2. The fourth-order valence-electron chi connectivity index (χ4n) is 3.05. The molecular formula is C27H36O4. The molecule has 0 atom stereocenters. The zero-order valence-electron chi connectivity index (χ0n) is 20.3. The van der Waals surface area contributed by atoms with E-state index in [4.69, 9.17) is 9.47 Å². The number of allylic oxidation sites excluding steroid dienone is 1. The fraction of sp³-hybridized carbons (Fsp3) is 0.444. The van der Waals surface area contributed by atoms with Gasteiger partial charge < -0.3 is 14.6 Å². The summed E-state index contributed by atoms with van der Waals surface area (Å²) in [6.45, 7) is 18.4. The lowest BCUT2D eigenvalue weighted by Gasteiger charge is -2.31. The summed E-state index contributed by atoms with van der Waals surface area (Å²) in [5, 5.41) is 9.48. The van der Waals surface area contributed by atoms with Crippen LogP contribution in [0.4, 0.5) is 0 Å². The Morgan fingerprint density at radius 1 is 0.806 bits per heavy atom. The number of hydrogen-bond donors (Lipinski definition) is 1. The van der Waals surface area contributed by atoms with E-state index < -0.39 is 11.2 Å². The molecule has 0 bridgehead atoms. The molecule has 2 aromatic carbocycles. The highest BCUT2D eigenvalue weighted by Gasteiger charge is 2.27. The van der Waals surface area contributed by atoms with Gasteiger partial charge in [0.2, 0.25) is 0 Å². The Morgan fingerprint density at radius 2 is 1.35 bits per heavy atom. The molecule has 0 saturated heterocycles. The van der Waals surface area contributed by atoms with Gasteiger partial charge >= 0.3 is 0 Å². The van der Waals surface area contributed by atoms with E-state index in [0.717, 1.165) is 16.9 Å². The molecule has 4 heteroatoms. The first-order valence-electron chi connectivity index (χ1n) is 10.6. The first-order chi connectivity index (χ1) is 14.1. The molecule has 0 spiro atoms. The Kier molecular flexibility index (Phi) is 6.94. The van der Waals surface area contributed by atoms with Crippen LogP contribution in [0.1, 0.15) is 83.8 Å². The van der Waals surface area contributed by atoms with Crippen LogP contribution in [0, 0.1) is 0 Å². The van der Waals surface area contributed by atoms with Gasteiger partial charge in [0.25, 0.3) is 0 Å². The number of benzene rings is 2. The van der Waals surface area contributed by atoms with E-state index in [0.29, 0.717) is 11.3 Å². The Balaban J connectivity index is 2.66. The van der Waals surface area contributed by atoms with Crippen molar-refractivity contribution in [2.24, 2.45) is 0 Å². The van der Waals surface area contributed by atoms with Crippen LogP contribution in [0.3, 0.4) is 0 Å². The average Bonchev–Trinajstić information content (AvgIpc) is 2.57. The number of rotatable bonds is 5. The number of hydrogen-bond acceptors (Lipinski definition) is 4. The maximum atomic E-state index is 12.8. The van der Waals surface area contributed by atoms with E-state index in [-0.39, 0.29) is 16.9 Å². The standard InChI is InChI=1S/C27H36O4/c1-25(2,3)21-15-17-23(30-26(4,5)6)20(24(21)31-27(7,8)9)14-16-22(29)18-10-12-19(28)13-11-18/h10-17,28H,1-9H3/b16-14+. The largest absolute Gasteiger partial charge is 0.508 e. The highest BCUT2D eigenvalue weighted by Crippen LogP contribution is 2.42. The van der Waals surface area contributed by atoms with Gasteiger partial charge in [-0.2, -0.15) is 0 Å². The molecule has 1 N–H and O–H groups in total. The van der Waals surface area contributed by atoms with E-state index >= 15 is 0 Å². The van der Waals surface area contributed by atoms with E-state index in [2.05, 4.69) is 20.8 Å². The van der Waals surface area contributed by atoms with Crippen LogP contribution >= 0.6 is 0 Å². The summed E-state index contributed by atoms with van der Waals surface area (Å²) in [6.07, 6.45) is 3.30. The molecule has 168 valence electrons. The first kappa shape index (κ1) is 24.5. The molecule has 2 aromatic rings. The number of phenols is 1. The van der Waals surface area contributed by atoms with E-state index in [1.165, 1.54) is 18.2 Å². The minimum absolute atomic E-state index is 0.125. The average molecular weight is 425 g/mol. The Hall–Kier alpha value is -2.75. The zero-order chi connectivity index (χ0) is 23.6. The van der Waals surface area contributed by atoms with Gasteiger partial charge in [-0.3, -0.25) is 4.79 Å². The van der Waals surface area contributed by atoms with Gasteiger partial charge in [-0.15, -0.1) is 0 Å². The third kappa shape index (κ3) is 7.16. The first-order valence-corrected chi connectivity index (χ1v) is 10.6. The van der Waals surface area contributed by atoms with Crippen LogP contribution in [0.5, 0.6) is 17.2 Å². The van der Waals surface area contributed by atoms with Gasteiger partial charge in [0.05, 0.1) is 5.56 Å². The molecule has 0 aliphatic heterocycles. The summed E-state index contributed by atoms with van der Waals surface area (Å²) in [4.78, 5) is 12.8. The van der Waals surface area contributed by atoms with Crippen molar-refractivity contribution in [1.29, 1.82) is 0 Å². The summed E-state index contributed by atoms with van der Waals surface area (Å²) < 4.78 is 12.7. The summed E-state index contributed by atoms with van der Waals surface area (Å²) >= 11 is 0. The molecule has 4 nitrogen and oxygen atoms in total. The molecule has 0 saturated carbocycles. The number of ketones is 1. The fourth-order valence-corrected chi connectivity index (χ4v) is 3.05. The number of ether oxygens (including phenoxy) is 2. The molecule has 0 unspecified atom stereocenters. The van der Waals surface area contributed by atoms with Gasteiger partial charge in [0, 0.05) is 11.1 Å². The molecule has 2 rings (SSSR count). The lowest BCUT2D eigenvalue weighted by molar-refractivity contribution is 0.104. The predicted molar refractivity (Wildman–Crippen MR) is 127 cm³/mol. The maximum Gasteiger partial charge on any atom is 0.185 e. The zero-order valence-corrected chi connectivity index (χ0v) is 20.3. The topological polar surface area (TPSA) is 55.8 Å². The molecule has 31 heavy (non-hydrogen) atoms. The van der Waals surface area contributed by atoms with E-state index in [9.17, 15) is 9.90 Å². The van der Waals surface area contributed by atoms with Crippen molar-refractivity contribution in [3.05, 3.63) is 59.2 Å². The number of phenolic OH excluding ortho intramolecular Hbond substituents is 1. The monoisotopic (exact) mass is 424 g/mol. The highest BCUT2D eigenvalue weighted by molar-refractivity contribution is 6.07. The quantitative estimate of drug-likeness (QED) is 0.417. The van der Waals surface area contributed by atoms with E-state index in [1.54, 1.807) is 18.2 Å². The normalized spacial score (nSPS) is 12.8. The van der Waals surface area contributed by atoms with Crippen molar-refractivity contribution in [2.75, 3.05) is 0 Å². The van der Waals surface area contributed by atoms with Crippen LogP contribution in [0.15, 0.2) is 42.5 Å². The third-order valence-corrected chi connectivity index (χ3v) is 4.34. The van der Waals surface area contributed by atoms with Gasteiger partial charge in [-0.05, 0) is 89.4 Å². The highest BCUT2D eigenvalue weighted by atomic mass is 16.5. The number of carbonyl (C=O) groups excluding carboxylic acids is 1. The van der Waals surface area contributed by atoms with Crippen LogP contribution in [0.25, 0.3) is 6.08 Å². The minimum atomic E-state index is -0.427. The molecule has 0 aliphatic rings. The second-order valence-electron chi connectivity index (χ2n) is 10.8. The molecular weight excluding hydrogens is 388 g/mol. The lowest BCUT2D eigenvalue weighted by Crippen LogP contribution is -2.27. The summed E-state index contributed by atoms with van der Waals surface area (Å²) in [5.74, 6) is 1.34. The van der Waals surface area contributed by atoms with Crippen LogP contribution in [-0.4, -0.2) is 22.1 Å². The van der Waals surface area contributed by atoms with Crippen LogP contribution < -0.4 is 9.47 Å².